The lowest BCUT2D eigenvalue weighted by molar-refractivity contribution is 0.0459. The Balaban J connectivity index is 1.63. The molecule has 3 atom stereocenters. The fourth-order valence-electron chi connectivity index (χ4n) is 4.05. The molecule has 1 N–H and O–H groups in total. The molecule has 0 radical (unpaired) electrons. The number of carbonyl (C=O) groups excluding carboxylic acids is 1. The highest BCUT2D eigenvalue weighted by atomic mass is 35.5. The molecule has 27 heavy (non-hydrogen) atoms. The number of hydrogen-bond donors (Lipinski definition) is 1. The molecule has 0 spiro atoms. The first-order chi connectivity index (χ1) is 13.0. The van der Waals surface area contributed by atoms with Crippen LogP contribution in [0.3, 0.4) is 0 Å². The average molecular weight is 382 g/mol. The van der Waals surface area contributed by atoms with Gasteiger partial charge in [-0.1, -0.05) is 49.7 Å². The van der Waals surface area contributed by atoms with Crippen molar-refractivity contribution in [1.29, 1.82) is 0 Å². The van der Waals surface area contributed by atoms with Gasteiger partial charge in [-0.2, -0.15) is 0 Å². The molecule has 0 unspecified atom stereocenters. The number of carbonyl (C=O) groups is 1. The number of rotatable bonds is 4. The van der Waals surface area contributed by atoms with Crippen molar-refractivity contribution in [2.24, 2.45) is 11.8 Å². The predicted octanol–water partition coefficient (Wildman–Crippen LogP) is 5.98. The van der Waals surface area contributed by atoms with Crippen molar-refractivity contribution in [1.82, 2.24) is 0 Å². The first-order valence-corrected chi connectivity index (χ1v) is 9.90. The number of nitrogens with one attached hydrogen (secondary N) is 1. The van der Waals surface area contributed by atoms with Gasteiger partial charge in [0.05, 0.1) is 18.2 Å². The number of anilines is 1. The molecule has 0 fully saturated rings. The van der Waals surface area contributed by atoms with Crippen molar-refractivity contribution in [2.75, 3.05) is 11.9 Å². The van der Waals surface area contributed by atoms with Gasteiger partial charge in [-0.05, 0) is 59.7 Å². The molecule has 2 aromatic carbocycles. The molecule has 4 rings (SSSR count). The van der Waals surface area contributed by atoms with Gasteiger partial charge >= 0.3 is 5.97 Å². The van der Waals surface area contributed by atoms with Crippen LogP contribution in [-0.2, 0) is 4.74 Å². The quantitative estimate of drug-likeness (QED) is 0.523. The van der Waals surface area contributed by atoms with Crippen molar-refractivity contribution in [3.05, 3.63) is 76.3 Å². The zero-order chi connectivity index (χ0) is 19.0. The molecule has 3 nitrogen and oxygen atoms in total. The van der Waals surface area contributed by atoms with Gasteiger partial charge in [0.1, 0.15) is 0 Å². The Morgan fingerprint density at radius 1 is 1.22 bits per heavy atom. The summed E-state index contributed by atoms with van der Waals surface area (Å²) < 4.78 is 5.40. The highest BCUT2D eigenvalue weighted by Gasteiger charge is 2.38. The maximum Gasteiger partial charge on any atom is 0.338 e. The van der Waals surface area contributed by atoms with Crippen molar-refractivity contribution in [3.63, 3.8) is 0 Å². The largest absolute Gasteiger partial charge is 0.462 e. The van der Waals surface area contributed by atoms with Gasteiger partial charge in [0.25, 0.3) is 0 Å². The van der Waals surface area contributed by atoms with Gasteiger partial charge in [-0.3, -0.25) is 0 Å². The summed E-state index contributed by atoms with van der Waals surface area (Å²) in [6, 6.07) is 14.2. The maximum absolute atomic E-state index is 12.4. The van der Waals surface area contributed by atoms with Crippen LogP contribution in [0.2, 0.25) is 5.02 Å². The predicted molar refractivity (Wildman–Crippen MR) is 109 cm³/mol. The molecule has 0 amide bonds. The Bertz CT molecular complexity index is 872. The third-order valence-corrected chi connectivity index (χ3v) is 5.63. The van der Waals surface area contributed by atoms with Crippen LogP contribution in [-0.4, -0.2) is 12.6 Å². The molecule has 0 aromatic heterocycles. The molecule has 0 saturated heterocycles. The summed E-state index contributed by atoms with van der Waals surface area (Å²) in [5.41, 5.74) is 4.13. The molecular weight excluding hydrogens is 358 g/mol. The van der Waals surface area contributed by atoms with Crippen molar-refractivity contribution >= 4 is 23.3 Å². The number of halogens is 1. The van der Waals surface area contributed by atoms with Crippen LogP contribution >= 0.6 is 11.6 Å². The van der Waals surface area contributed by atoms with E-state index in [1.807, 2.05) is 44.2 Å². The molecule has 0 bridgehead atoms. The van der Waals surface area contributed by atoms with Crippen molar-refractivity contribution in [2.45, 2.75) is 32.2 Å². The van der Waals surface area contributed by atoms with Crippen LogP contribution in [0, 0.1) is 11.8 Å². The van der Waals surface area contributed by atoms with Crippen molar-refractivity contribution < 1.29 is 9.53 Å². The van der Waals surface area contributed by atoms with Gasteiger partial charge in [0.2, 0.25) is 0 Å². The Hall–Kier alpha value is -2.26. The third-order valence-electron chi connectivity index (χ3n) is 5.38. The van der Waals surface area contributed by atoms with E-state index in [0.717, 1.165) is 17.1 Å². The number of benzene rings is 2. The standard InChI is InChI=1S/C23H24ClNO2/c1-14(2)13-27-23(26)16-8-11-21-20(12-16)18-4-3-5-19(18)22(25-21)15-6-9-17(24)10-7-15/h3-4,6-12,14,18-19,22,25H,5,13H2,1-2H3/t18-,19-,22-/m0/s1. The van der Waals surface area contributed by atoms with Gasteiger partial charge in [0, 0.05) is 16.6 Å². The summed E-state index contributed by atoms with van der Waals surface area (Å²) in [4.78, 5) is 12.4. The molecular formula is C23H24ClNO2. The van der Waals surface area contributed by atoms with Crippen LogP contribution in [0.25, 0.3) is 0 Å². The Morgan fingerprint density at radius 2 is 2.00 bits per heavy atom. The van der Waals surface area contributed by atoms with Crippen molar-refractivity contribution in [3.8, 4) is 0 Å². The summed E-state index contributed by atoms with van der Waals surface area (Å²) in [7, 11) is 0. The SMILES string of the molecule is CC(C)COC(=O)c1ccc2c(c1)[C@H]1C=CC[C@@H]1[C@H](c1ccc(Cl)cc1)N2. The van der Waals surface area contributed by atoms with E-state index in [1.54, 1.807) is 0 Å². The lowest BCUT2D eigenvalue weighted by Gasteiger charge is -2.37. The monoisotopic (exact) mass is 381 g/mol. The van der Waals surface area contributed by atoms with Crippen LogP contribution in [0.15, 0.2) is 54.6 Å². The Kier molecular flexibility index (Phi) is 4.96. The molecule has 2 aliphatic rings. The van der Waals surface area contributed by atoms with E-state index in [9.17, 15) is 4.79 Å². The molecule has 140 valence electrons. The zero-order valence-corrected chi connectivity index (χ0v) is 16.4. The summed E-state index contributed by atoms with van der Waals surface area (Å²) in [5, 5.41) is 4.44. The van der Waals surface area contributed by atoms with E-state index in [2.05, 4.69) is 29.6 Å². The van der Waals surface area contributed by atoms with E-state index >= 15 is 0 Å². The lowest BCUT2D eigenvalue weighted by atomic mass is 9.76. The number of fused-ring (bicyclic) bond motifs is 3. The second-order valence-electron chi connectivity index (χ2n) is 7.82. The fourth-order valence-corrected chi connectivity index (χ4v) is 4.17. The van der Waals surface area contributed by atoms with Crippen LogP contribution in [0.4, 0.5) is 5.69 Å². The molecule has 4 heteroatoms. The molecule has 1 aliphatic carbocycles. The van der Waals surface area contributed by atoms with Gasteiger partial charge in [0.15, 0.2) is 0 Å². The minimum atomic E-state index is -0.246. The van der Waals surface area contributed by atoms with Crippen LogP contribution in [0.5, 0.6) is 0 Å². The van der Waals surface area contributed by atoms with Gasteiger partial charge in [-0.15, -0.1) is 0 Å². The van der Waals surface area contributed by atoms with E-state index in [4.69, 9.17) is 16.3 Å². The third kappa shape index (κ3) is 3.61. The van der Waals surface area contributed by atoms with E-state index in [-0.39, 0.29) is 12.0 Å². The number of hydrogen-bond acceptors (Lipinski definition) is 3. The number of esters is 1. The number of allylic oxidation sites excluding steroid dienone is 2. The second-order valence-corrected chi connectivity index (χ2v) is 8.26. The molecule has 2 aromatic rings. The van der Waals surface area contributed by atoms with Crippen LogP contribution < -0.4 is 5.32 Å². The molecule has 1 aliphatic heterocycles. The summed E-state index contributed by atoms with van der Waals surface area (Å²) in [6.07, 6.45) is 5.54. The van der Waals surface area contributed by atoms with Crippen LogP contribution in [0.1, 0.15) is 53.7 Å². The first kappa shape index (κ1) is 18.1. The van der Waals surface area contributed by atoms with E-state index in [0.29, 0.717) is 29.9 Å². The first-order valence-electron chi connectivity index (χ1n) is 9.52. The average Bonchev–Trinajstić information content (AvgIpc) is 3.16. The maximum atomic E-state index is 12.4. The Labute approximate surface area is 165 Å². The highest BCUT2D eigenvalue weighted by Crippen LogP contribution is 2.50. The molecule has 0 saturated carbocycles. The smallest absolute Gasteiger partial charge is 0.338 e. The zero-order valence-electron chi connectivity index (χ0n) is 15.6. The highest BCUT2D eigenvalue weighted by molar-refractivity contribution is 6.30. The molecule has 1 heterocycles. The summed E-state index contributed by atoms with van der Waals surface area (Å²) >= 11 is 6.06. The summed E-state index contributed by atoms with van der Waals surface area (Å²) in [5.74, 6) is 0.820. The minimum Gasteiger partial charge on any atom is -0.462 e. The minimum absolute atomic E-state index is 0.230. The fraction of sp³-hybridized carbons (Fsp3) is 0.348. The van der Waals surface area contributed by atoms with Gasteiger partial charge < -0.3 is 10.1 Å². The summed E-state index contributed by atoms with van der Waals surface area (Å²) in [6.45, 7) is 4.52. The Morgan fingerprint density at radius 3 is 2.74 bits per heavy atom. The van der Waals surface area contributed by atoms with Gasteiger partial charge in [-0.25, -0.2) is 4.79 Å². The normalized spacial score (nSPS) is 22.9. The number of ether oxygens (including phenoxy) is 1. The lowest BCUT2D eigenvalue weighted by Crippen LogP contribution is -2.29. The second kappa shape index (κ2) is 7.40. The topological polar surface area (TPSA) is 38.3 Å². The van der Waals surface area contributed by atoms with E-state index < -0.39 is 0 Å². The van der Waals surface area contributed by atoms with E-state index in [1.165, 1.54) is 11.1 Å².